The predicted molar refractivity (Wildman–Crippen MR) is 78.5 cm³/mol. The predicted octanol–water partition coefficient (Wildman–Crippen LogP) is 2.15. The van der Waals surface area contributed by atoms with Crippen LogP contribution in [0.2, 0.25) is 5.02 Å². The molecule has 0 unspecified atom stereocenters. The molecule has 0 amide bonds. The van der Waals surface area contributed by atoms with Crippen molar-refractivity contribution in [2.24, 2.45) is 0 Å². The maximum absolute atomic E-state index is 6.33. The Labute approximate surface area is 124 Å². The van der Waals surface area contributed by atoms with Crippen LogP contribution in [-0.2, 0) is 14.0 Å². The third kappa shape index (κ3) is 2.17. The lowest BCUT2D eigenvalue weighted by atomic mass is 9.74. The van der Waals surface area contributed by atoms with Crippen molar-refractivity contribution in [2.75, 3.05) is 13.2 Å². The number of ether oxygens (including phenoxy) is 1. The molecule has 2 aliphatic rings. The maximum Gasteiger partial charge on any atom is 0.496 e. The minimum absolute atomic E-state index is 0.305. The Kier molecular flexibility index (Phi) is 3.37. The van der Waals surface area contributed by atoms with Crippen LogP contribution in [0.1, 0.15) is 39.2 Å². The van der Waals surface area contributed by atoms with Crippen LogP contribution in [0.5, 0.6) is 0 Å². The van der Waals surface area contributed by atoms with Gasteiger partial charge in [0.2, 0.25) is 0 Å². The van der Waals surface area contributed by atoms with Crippen molar-refractivity contribution in [2.45, 2.75) is 44.8 Å². The van der Waals surface area contributed by atoms with Gasteiger partial charge in [-0.1, -0.05) is 11.6 Å². The van der Waals surface area contributed by atoms with Gasteiger partial charge in [0, 0.05) is 23.8 Å². The van der Waals surface area contributed by atoms with Gasteiger partial charge in [0.1, 0.15) is 0 Å². The number of aromatic nitrogens is 1. The quantitative estimate of drug-likeness (QED) is 0.784. The molecule has 6 heteroatoms. The summed E-state index contributed by atoms with van der Waals surface area (Å²) in [4.78, 5) is 4.19. The Hall–Kier alpha value is -0.615. The van der Waals surface area contributed by atoms with Gasteiger partial charge in [0.25, 0.3) is 0 Å². The largest absolute Gasteiger partial charge is 0.496 e. The monoisotopic (exact) mass is 295 g/mol. The minimum atomic E-state index is -0.429. The summed E-state index contributed by atoms with van der Waals surface area (Å²) in [5, 5.41) is 0.658. The Morgan fingerprint density at radius 2 is 1.75 bits per heavy atom. The summed E-state index contributed by atoms with van der Waals surface area (Å²) in [6, 6.07) is 0. The van der Waals surface area contributed by atoms with Crippen molar-refractivity contribution in [3.8, 4) is 0 Å². The lowest BCUT2D eigenvalue weighted by molar-refractivity contribution is 0.00578. The molecule has 3 heterocycles. The topological polar surface area (TPSA) is 40.6 Å². The van der Waals surface area contributed by atoms with Crippen LogP contribution in [0.25, 0.3) is 0 Å². The van der Waals surface area contributed by atoms with Gasteiger partial charge >= 0.3 is 7.12 Å². The Balaban J connectivity index is 1.97. The van der Waals surface area contributed by atoms with E-state index in [9.17, 15) is 0 Å². The highest BCUT2D eigenvalue weighted by Crippen LogP contribution is 2.38. The molecule has 4 nitrogen and oxygen atoms in total. The van der Waals surface area contributed by atoms with Crippen LogP contribution >= 0.6 is 11.6 Å². The molecule has 20 heavy (non-hydrogen) atoms. The molecule has 0 atom stereocenters. The van der Waals surface area contributed by atoms with Crippen LogP contribution in [0.15, 0.2) is 12.4 Å². The van der Waals surface area contributed by atoms with Crippen LogP contribution in [0.4, 0.5) is 0 Å². The molecule has 3 rings (SSSR count). The molecule has 2 aliphatic heterocycles. The fourth-order valence-corrected chi connectivity index (χ4v) is 2.77. The SMILES string of the molecule is CC1(C)OB(c2cncc(Cl)c2C2COC2)OC1(C)C. The average Bonchev–Trinajstić information content (AvgIpc) is 2.48. The third-order valence-corrected chi connectivity index (χ3v) is 4.82. The highest BCUT2D eigenvalue weighted by atomic mass is 35.5. The lowest BCUT2D eigenvalue weighted by Gasteiger charge is -2.32. The zero-order valence-electron chi connectivity index (χ0n) is 12.3. The van der Waals surface area contributed by atoms with E-state index in [0.29, 0.717) is 24.2 Å². The van der Waals surface area contributed by atoms with Crippen molar-refractivity contribution in [1.29, 1.82) is 0 Å². The first-order valence-electron chi connectivity index (χ1n) is 6.88. The van der Waals surface area contributed by atoms with Gasteiger partial charge in [0.05, 0.1) is 29.4 Å². The Morgan fingerprint density at radius 3 is 2.25 bits per heavy atom. The van der Waals surface area contributed by atoms with Gasteiger partial charge in [-0.2, -0.15) is 0 Å². The second-order valence-electron chi connectivity index (χ2n) is 6.45. The van der Waals surface area contributed by atoms with Gasteiger partial charge in [-0.25, -0.2) is 0 Å². The molecule has 0 spiro atoms. The van der Waals surface area contributed by atoms with E-state index < -0.39 is 7.12 Å². The van der Waals surface area contributed by atoms with E-state index in [2.05, 4.69) is 4.98 Å². The molecule has 0 aliphatic carbocycles. The highest BCUT2D eigenvalue weighted by molar-refractivity contribution is 6.63. The molecule has 2 saturated heterocycles. The number of rotatable bonds is 2. The van der Waals surface area contributed by atoms with E-state index in [1.807, 2.05) is 27.7 Å². The zero-order valence-corrected chi connectivity index (χ0v) is 13.0. The first kappa shape index (κ1) is 14.3. The lowest BCUT2D eigenvalue weighted by Crippen LogP contribution is -2.41. The van der Waals surface area contributed by atoms with E-state index in [1.165, 1.54) is 0 Å². The Bertz CT molecular complexity index is 515. The number of nitrogens with zero attached hydrogens (tertiary/aromatic N) is 1. The molecule has 0 aromatic carbocycles. The smallest absolute Gasteiger partial charge is 0.399 e. The van der Waals surface area contributed by atoms with Crippen molar-refractivity contribution < 1.29 is 14.0 Å². The summed E-state index contributed by atoms with van der Waals surface area (Å²) in [6.45, 7) is 9.54. The van der Waals surface area contributed by atoms with E-state index in [4.69, 9.17) is 25.6 Å². The van der Waals surface area contributed by atoms with Crippen LogP contribution < -0.4 is 5.46 Å². The van der Waals surface area contributed by atoms with E-state index in [0.717, 1.165) is 11.0 Å². The number of halogens is 1. The molecule has 0 bridgehead atoms. The van der Waals surface area contributed by atoms with Crippen molar-refractivity contribution >= 4 is 24.2 Å². The first-order valence-corrected chi connectivity index (χ1v) is 7.26. The summed E-state index contributed by atoms with van der Waals surface area (Å²) < 4.78 is 17.5. The second-order valence-corrected chi connectivity index (χ2v) is 6.85. The molecule has 1 aromatic rings. The minimum Gasteiger partial charge on any atom is -0.399 e. The summed E-state index contributed by atoms with van der Waals surface area (Å²) in [5.74, 6) is 0.305. The number of hydrogen-bond donors (Lipinski definition) is 0. The fraction of sp³-hybridized carbons (Fsp3) is 0.643. The second kappa shape index (κ2) is 4.70. The molecule has 2 fully saturated rings. The summed E-state index contributed by atoms with van der Waals surface area (Å²) in [7, 11) is -0.429. The highest BCUT2D eigenvalue weighted by Gasteiger charge is 2.52. The fourth-order valence-electron chi connectivity index (χ4n) is 2.45. The maximum atomic E-state index is 6.33. The summed E-state index contributed by atoms with van der Waals surface area (Å²) in [5.41, 5.74) is 1.23. The van der Waals surface area contributed by atoms with Crippen LogP contribution in [-0.4, -0.2) is 36.5 Å². The summed E-state index contributed by atoms with van der Waals surface area (Å²) in [6.07, 6.45) is 3.46. The van der Waals surface area contributed by atoms with Crippen molar-refractivity contribution in [3.05, 3.63) is 23.0 Å². The van der Waals surface area contributed by atoms with E-state index in [-0.39, 0.29) is 11.2 Å². The van der Waals surface area contributed by atoms with Crippen molar-refractivity contribution in [1.82, 2.24) is 4.98 Å². The van der Waals surface area contributed by atoms with Gasteiger partial charge in [-0.05, 0) is 33.3 Å². The molecule has 108 valence electrons. The zero-order chi connectivity index (χ0) is 14.5. The van der Waals surface area contributed by atoms with Crippen LogP contribution in [0, 0.1) is 0 Å². The van der Waals surface area contributed by atoms with E-state index >= 15 is 0 Å². The number of hydrogen-bond acceptors (Lipinski definition) is 4. The van der Waals surface area contributed by atoms with Crippen LogP contribution in [0.3, 0.4) is 0 Å². The third-order valence-electron chi connectivity index (χ3n) is 4.52. The van der Waals surface area contributed by atoms with Crippen molar-refractivity contribution in [3.63, 3.8) is 0 Å². The van der Waals surface area contributed by atoms with Gasteiger partial charge in [0.15, 0.2) is 0 Å². The molecule has 0 N–H and O–H groups in total. The molecular weight excluding hydrogens is 276 g/mol. The normalized spacial score (nSPS) is 24.8. The van der Waals surface area contributed by atoms with Gasteiger partial charge < -0.3 is 14.0 Å². The standard InChI is InChI=1S/C14H19BClNO3/c1-13(2)14(3,4)20-15(19-13)10-5-17-6-11(16)12(10)9-7-18-8-9/h5-6,9H,7-8H2,1-4H3. The van der Waals surface area contributed by atoms with Gasteiger partial charge in [-0.3, -0.25) is 4.98 Å². The van der Waals surface area contributed by atoms with Gasteiger partial charge in [-0.15, -0.1) is 0 Å². The molecule has 0 saturated carbocycles. The number of pyridine rings is 1. The average molecular weight is 296 g/mol. The summed E-state index contributed by atoms with van der Waals surface area (Å²) >= 11 is 6.33. The molecule has 0 radical (unpaired) electrons. The molecular formula is C14H19BClNO3. The molecule has 1 aromatic heterocycles. The van der Waals surface area contributed by atoms with E-state index in [1.54, 1.807) is 12.4 Å². The first-order chi connectivity index (χ1) is 9.32. The Morgan fingerprint density at radius 1 is 1.15 bits per heavy atom.